The Hall–Kier alpha value is -4.34. The molecule has 1 N–H and O–H groups in total. The van der Waals surface area contributed by atoms with Crippen molar-refractivity contribution in [3.63, 3.8) is 0 Å². The summed E-state index contributed by atoms with van der Waals surface area (Å²) in [5.74, 6) is 1.22. The lowest BCUT2D eigenvalue weighted by Crippen LogP contribution is -2.56. The average Bonchev–Trinajstić information content (AvgIpc) is 3.57. The van der Waals surface area contributed by atoms with Crippen LogP contribution in [0.3, 0.4) is 0 Å². The van der Waals surface area contributed by atoms with Gasteiger partial charge >= 0.3 is 12.1 Å². The topological polar surface area (TPSA) is 133 Å². The summed E-state index contributed by atoms with van der Waals surface area (Å²) >= 11 is 7.27. The predicted octanol–water partition coefficient (Wildman–Crippen LogP) is 6.49. The SMILES string of the molecule is Cc1ccc2[nH]ncc2c1-c1c(Cl)cc2c(N3CCN(C(=O)OC(C)(C)C)C(CC#N)C3)nc(OCC3CCCN3C)nc2c1OC1CC1. The van der Waals surface area contributed by atoms with E-state index in [9.17, 15) is 10.1 Å². The van der Waals surface area contributed by atoms with Crippen LogP contribution in [-0.4, -0.2) is 99.7 Å². The number of likely N-dealkylation sites (tertiary alicyclic amines) is 1. The standard InChI is InChI=1S/C36H43ClN8O4/c1-21-8-11-28-26(18-39-42-28)29(21)30-27(37)17-25-31(32(30)48-24-9-10-24)40-34(47-20-23-7-6-14-43(23)5)41-33(25)44-15-16-45(22(19-44)12-13-38)35(46)49-36(2,3)4/h8,11,17-18,22-24H,6-7,9-10,12,14-16,19-20H2,1-5H3,(H,39,42). The fourth-order valence-corrected chi connectivity index (χ4v) is 7.17. The quantitative estimate of drug-likeness (QED) is 0.219. The van der Waals surface area contributed by atoms with Crippen molar-refractivity contribution in [1.82, 2.24) is 30.0 Å². The Bertz CT molecular complexity index is 1930. The maximum atomic E-state index is 13.2. The first-order valence-electron chi connectivity index (χ1n) is 17.1. The Kier molecular flexibility index (Phi) is 8.92. The molecule has 2 aliphatic heterocycles. The Morgan fingerprint density at radius 1 is 1.10 bits per heavy atom. The first kappa shape index (κ1) is 33.2. The normalized spacial score (nSPS) is 20.2. The molecule has 1 saturated carbocycles. The molecule has 0 spiro atoms. The lowest BCUT2D eigenvalue weighted by molar-refractivity contribution is 0.0145. The van der Waals surface area contributed by atoms with Gasteiger partial charge < -0.3 is 28.9 Å². The minimum atomic E-state index is -0.653. The number of nitrogens with zero attached hydrogens (tertiary/aromatic N) is 7. The third kappa shape index (κ3) is 6.79. The number of aromatic nitrogens is 4. The van der Waals surface area contributed by atoms with E-state index in [2.05, 4.69) is 46.1 Å². The molecule has 2 saturated heterocycles. The molecule has 2 aromatic carbocycles. The van der Waals surface area contributed by atoms with Crippen molar-refractivity contribution in [2.75, 3.05) is 44.7 Å². The first-order valence-corrected chi connectivity index (χ1v) is 17.5. The number of fused-ring (bicyclic) bond motifs is 2. The molecule has 3 fully saturated rings. The summed E-state index contributed by atoms with van der Waals surface area (Å²) in [6.07, 6.45) is 5.64. The second-order valence-electron chi connectivity index (χ2n) is 14.4. The molecule has 13 heteroatoms. The fourth-order valence-electron chi connectivity index (χ4n) is 6.88. The van der Waals surface area contributed by atoms with Crippen LogP contribution in [0.15, 0.2) is 24.4 Å². The van der Waals surface area contributed by atoms with E-state index in [1.54, 1.807) is 4.90 Å². The van der Waals surface area contributed by atoms with Gasteiger partial charge in [0.15, 0.2) is 5.75 Å². The highest BCUT2D eigenvalue weighted by Gasteiger charge is 2.36. The molecule has 0 bridgehead atoms. The van der Waals surface area contributed by atoms with Crippen LogP contribution >= 0.6 is 11.6 Å². The van der Waals surface area contributed by atoms with Crippen molar-refractivity contribution in [3.8, 4) is 29.0 Å². The third-order valence-electron chi connectivity index (χ3n) is 9.56. The highest BCUT2D eigenvalue weighted by atomic mass is 35.5. The van der Waals surface area contributed by atoms with Gasteiger partial charge in [0, 0.05) is 47.6 Å². The number of aromatic amines is 1. The van der Waals surface area contributed by atoms with Crippen molar-refractivity contribution in [2.45, 2.75) is 83.6 Å². The van der Waals surface area contributed by atoms with Gasteiger partial charge in [0.25, 0.3) is 0 Å². The van der Waals surface area contributed by atoms with Gasteiger partial charge in [-0.1, -0.05) is 17.7 Å². The summed E-state index contributed by atoms with van der Waals surface area (Å²) in [4.78, 5) is 29.3. The summed E-state index contributed by atoms with van der Waals surface area (Å²) in [5, 5.41) is 19.3. The summed E-state index contributed by atoms with van der Waals surface area (Å²) in [5.41, 5.74) is 3.58. The molecule has 4 heterocycles. The maximum Gasteiger partial charge on any atom is 0.410 e. The van der Waals surface area contributed by atoms with E-state index in [4.69, 9.17) is 35.8 Å². The molecule has 2 atom stereocenters. The zero-order valence-electron chi connectivity index (χ0n) is 28.8. The van der Waals surface area contributed by atoms with Gasteiger partial charge in [0.05, 0.1) is 41.4 Å². The Labute approximate surface area is 291 Å². The molecule has 2 aromatic heterocycles. The predicted molar refractivity (Wildman–Crippen MR) is 188 cm³/mol. The van der Waals surface area contributed by atoms with Gasteiger partial charge in [-0.3, -0.25) is 5.10 Å². The molecule has 1 amide bonds. The molecular weight excluding hydrogens is 644 g/mol. The Morgan fingerprint density at radius 2 is 1.92 bits per heavy atom. The Morgan fingerprint density at radius 3 is 2.63 bits per heavy atom. The van der Waals surface area contributed by atoms with E-state index in [-0.39, 0.29) is 24.6 Å². The van der Waals surface area contributed by atoms with Gasteiger partial charge in [0.1, 0.15) is 23.5 Å². The number of benzene rings is 2. The fraction of sp³-hybridized carbons (Fsp3) is 0.528. The van der Waals surface area contributed by atoms with Crippen molar-refractivity contribution in [3.05, 3.63) is 35.0 Å². The Balaban J connectivity index is 1.36. The smallest absolute Gasteiger partial charge is 0.410 e. The van der Waals surface area contributed by atoms with E-state index in [0.717, 1.165) is 59.8 Å². The van der Waals surface area contributed by atoms with E-state index < -0.39 is 17.7 Å². The van der Waals surface area contributed by atoms with Crippen LogP contribution in [0.1, 0.15) is 58.4 Å². The summed E-state index contributed by atoms with van der Waals surface area (Å²) < 4.78 is 18.8. The number of halogens is 1. The van der Waals surface area contributed by atoms with Crippen molar-refractivity contribution in [1.29, 1.82) is 5.26 Å². The second-order valence-corrected chi connectivity index (χ2v) is 14.8. The number of hydrogen-bond donors (Lipinski definition) is 1. The van der Waals surface area contributed by atoms with Crippen LogP contribution in [0.2, 0.25) is 5.02 Å². The van der Waals surface area contributed by atoms with Gasteiger partial charge in [-0.15, -0.1) is 0 Å². The van der Waals surface area contributed by atoms with Gasteiger partial charge in [-0.25, -0.2) is 4.79 Å². The number of anilines is 1. The molecule has 4 aromatic rings. The van der Waals surface area contributed by atoms with Crippen LogP contribution in [0.4, 0.5) is 10.6 Å². The molecule has 3 aliphatic rings. The number of H-pyrrole nitrogens is 1. The summed E-state index contributed by atoms with van der Waals surface area (Å²) in [6.45, 7) is 10.2. The zero-order chi connectivity index (χ0) is 34.4. The van der Waals surface area contributed by atoms with E-state index in [1.807, 2.05) is 39.1 Å². The van der Waals surface area contributed by atoms with Crippen LogP contribution in [-0.2, 0) is 4.74 Å². The minimum absolute atomic E-state index is 0.0524. The molecule has 7 rings (SSSR count). The van der Waals surface area contributed by atoms with Crippen LogP contribution in [0.5, 0.6) is 11.8 Å². The summed E-state index contributed by atoms with van der Waals surface area (Å²) in [6, 6.07) is 8.35. The van der Waals surface area contributed by atoms with E-state index in [0.29, 0.717) is 53.7 Å². The molecule has 1 aliphatic carbocycles. The van der Waals surface area contributed by atoms with Crippen LogP contribution < -0.4 is 14.4 Å². The van der Waals surface area contributed by atoms with Crippen LogP contribution in [0, 0.1) is 18.3 Å². The number of carbonyl (C=O) groups is 1. The largest absolute Gasteiger partial charge is 0.487 e. The number of piperazine rings is 1. The molecule has 49 heavy (non-hydrogen) atoms. The van der Waals surface area contributed by atoms with E-state index >= 15 is 0 Å². The number of nitriles is 1. The number of aryl methyl sites for hydroxylation is 1. The lowest BCUT2D eigenvalue weighted by Gasteiger charge is -2.41. The molecular formula is C36H43ClN8O4. The minimum Gasteiger partial charge on any atom is -0.487 e. The highest BCUT2D eigenvalue weighted by Crippen LogP contribution is 2.49. The molecule has 258 valence electrons. The molecule has 12 nitrogen and oxygen atoms in total. The molecule has 0 radical (unpaired) electrons. The number of rotatable bonds is 8. The number of likely N-dealkylation sites (N-methyl/N-ethyl adjacent to an activating group) is 1. The number of carbonyl (C=O) groups excluding carboxylic acids is 1. The number of nitrogens with one attached hydrogen (secondary N) is 1. The highest BCUT2D eigenvalue weighted by molar-refractivity contribution is 6.35. The average molecular weight is 687 g/mol. The number of hydrogen-bond acceptors (Lipinski definition) is 10. The van der Waals surface area contributed by atoms with Gasteiger partial charge in [0.2, 0.25) is 0 Å². The van der Waals surface area contributed by atoms with Crippen molar-refractivity contribution in [2.24, 2.45) is 0 Å². The van der Waals surface area contributed by atoms with Crippen molar-refractivity contribution < 1.29 is 19.0 Å². The third-order valence-corrected chi connectivity index (χ3v) is 9.86. The molecule has 2 unspecified atom stereocenters. The monoisotopic (exact) mass is 686 g/mol. The summed E-state index contributed by atoms with van der Waals surface area (Å²) in [7, 11) is 2.11. The maximum absolute atomic E-state index is 13.2. The van der Waals surface area contributed by atoms with Crippen LogP contribution in [0.25, 0.3) is 32.9 Å². The van der Waals surface area contributed by atoms with Gasteiger partial charge in [-0.05, 0) is 84.7 Å². The van der Waals surface area contributed by atoms with E-state index in [1.165, 1.54) is 0 Å². The zero-order valence-corrected chi connectivity index (χ0v) is 29.5. The van der Waals surface area contributed by atoms with Gasteiger partial charge in [-0.2, -0.15) is 20.3 Å². The lowest BCUT2D eigenvalue weighted by atomic mass is 9.94. The first-order chi connectivity index (χ1) is 23.5. The number of amides is 1. The second kappa shape index (κ2) is 13.2. The number of ether oxygens (including phenoxy) is 3. The van der Waals surface area contributed by atoms with Crippen molar-refractivity contribution >= 4 is 45.3 Å².